The highest BCUT2D eigenvalue weighted by Crippen LogP contribution is 2.43. The third kappa shape index (κ3) is 4.22. The molecule has 1 fully saturated rings. The SMILES string of the molecule is [N-]=[N+]=NCS(=O)(=O)c1ccccc1CN=NC1=Nc2ccccc2N(N)C12CCSCC2. The lowest BCUT2D eigenvalue weighted by molar-refractivity contribution is 0.466. The number of anilines is 1. The maximum atomic E-state index is 12.5. The van der Waals surface area contributed by atoms with E-state index in [1.807, 2.05) is 36.0 Å². The van der Waals surface area contributed by atoms with Crippen LogP contribution in [0.25, 0.3) is 10.4 Å². The van der Waals surface area contributed by atoms with Crippen LogP contribution in [-0.2, 0) is 16.4 Å². The number of amidine groups is 1. The maximum Gasteiger partial charge on any atom is 0.184 e. The highest BCUT2D eigenvalue weighted by atomic mass is 32.2. The van der Waals surface area contributed by atoms with Crippen LogP contribution in [0.4, 0.5) is 11.4 Å². The Labute approximate surface area is 190 Å². The zero-order valence-corrected chi connectivity index (χ0v) is 18.8. The van der Waals surface area contributed by atoms with Crippen molar-refractivity contribution in [1.82, 2.24) is 0 Å². The summed E-state index contributed by atoms with van der Waals surface area (Å²) in [7, 11) is -3.77. The quantitative estimate of drug-likeness (QED) is 0.298. The Balaban J connectivity index is 1.66. The van der Waals surface area contributed by atoms with Gasteiger partial charge in [0.25, 0.3) is 0 Å². The monoisotopic (exact) mass is 470 g/mol. The smallest absolute Gasteiger partial charge is 0.184 e. The molecule has 2 N–H and O–H groups in total. The van der Waals surface area contributed by atoms with Crippen molar-refractivity contribution in [3.8, 4) is 0 Å². The molecular formula is C20H22N8O2S2. The number of benzene rings is 2. The number of nitrogens with zero attached hydrogens (tertiary/aromatic N) is 7. The van der Waals surface area contributed by atoms with Gasteiger partial charge < -0.3 is 0 Å². The van der Waals surface area contributed by atoms with Crippen molar-refractivity contribution >= 4 is 38.8 Å². The lowest BCUT2D eigenvalue weighted by atomic mass is 9.87. The minimum absolute atomic E-state index is 0.0434. The summed E-state index contributed by atoms with van der Waals surface area (Å²) in [5, 5.41) is 13.7. The van der Waals surface area contributed by atoms with E-state index in [4.69, 9.17) is 16.4 Å². The molecule has 0 aromatic heterocycles. The highest BCUT2D eigenvalue weighted by molar-refractivity contribution is 7.99. The third-order valence-electron chi connectivity index (χ3n) is 5.57. The molecule has 2 aliphatic rings. The summed E-state index contributed by atoms with van der Waals surface area (Å²) >= 11 is 1.87. The molecule has 4 rings (SSSR count). The molecule has 32 heavy (non-hydrogen) atoms. The third-order valence-corrected chi connectivity index (χ3v) is 8.08. The molecule has 12 heteroatoms. The number of rotatable bonds is 5. The van der Waals surface area contributed by atoms with Gasteiger partial charge in [-0.15, -0.1) is 5.11 Å². The van der Waals surface area contributed by atoms with E-state index in [1.165, 1.54) is 6.07 Å². The van der Waals surface area contributed by atoms with Crippen LogP contribution < -0.4 is 10.9 Å². The van der Waals surface area contributed by atoms with E-state index in [9.17, 15) is 8.42 Å². The molecule has 0 saturated carbocycles. The average Bonchev–Trinajstić information content (AvgIpc) is 2.82. The molecule has 166 valence electrons. The molecular weight excluding hydrogens is 448 g/mol. The first-order valence-corrected chi connectivity index (χ1v) is 12.8. The second kappa shape index (κ2) is 9.29. The van der Waals surface area contributed by atoms with Gasteiger partial charge in [0.15, 0.2) is 15.7 Å². The summed E-state index contributed by atoms with van der Waals surface area (Å²) < 4.78 is 25.0. The van der Waals surface area contributed by atoms with Crippen molar-refractivity contribution in [3.05, 3.63) is 64.5 Å². The number of thioether (sulfide) groups is 1. The lowest BCUT2D eigenvalue weighted by Gasteiger charge is -2.46. The van der Waals surface area contributed by atoms with Crippen molar-refractivity contribution < 1.29 is 8.42 Å². The molecule has 2 aliphatic heterocycles. The Morgan fingerprint density at radius 2 is 1.88 bits per heavy atom. The molecule has 1 saturated heterocycles. The number of para-hydroxylation sites is 2. The van der Waals surface area contributed by atoms with Crippen molar-refractivity contribution in [3.63, 3.8) is 0 Å². The van der Waals surface area contributed by atoms with Crippen molar-refractivity contribution in [2.75, 3.05) is 22.4 Å². The topological polar surface area (TPSA) is 149 Å². The fourth-order valence-corrected chi connectivity index (χ4v) is 6.22. The molecule has 1 spiro atoms. The van der Waals surface area contributed by atoms with Gasteiger partial charge in [-0.1, -0.05) is 35.4 Å². The van der Waals surface area contributed by atoms with E-state index in [2.05, 4.69) is 20.3 Å². The summed E-state index contributed by atoms with van der Waals surface area (Å²) in [6, 6.07) is 14.1. The van der Waals surface area contributed by atoms with Gasteiger partial charge in [0, 0.05) is 4.91 Å². The molecule has 2 heterocycles. The van der Waals surface area contributed by atoms with Gasteiger partial charge in [0.2, 0.25) is 0 Å². The van der Waals surface area contributed by atoms with Crippen LogP contribution in [-0.4, -0.2) is 37.2 Å². The summed E-state index contributed by atoms with van der Waals surface area (Å²) in [6.07, 6.45) is 1.58. The Bertz CT molecular complexity index is 1220. The average molecular weight is 471 g/mol. The van der Waals surface area contributed by atoms with Crippen LogP contribution in [0.1, 0.15) is 18.4 Å². The van der Waals surface area contributed by atoms with Crippen LogP contribution in [0.15, 0.2) is 73.8 Å². The second-order valence-electron chi connectivity index (χ2n) is 7.42. The van der Waals surface area contributed by atoms with E-state index in [-0.39, 0.29) is 11.4 Å². The standard InChI is InChI=1S/C20H22N8O2S2/c21-27-24-14-32(29,30)18-8-4-1-5-15(18)13-23-26-19-20(9-11-31-12-10-20)28(22)17-7-3-2-6-16(17)25-19/h1-8H,9-14,22H2. The zero-order valence-electron chi connectivity index (χ0n) is 17.2. The number of fused-ring (bicyclic) bond motifs is 1. The summed E-state index contributed by atoms with van der Waals surface area (Å²) in [5.74, 6) is 8.34. The number of sulfone groups is 1. The fourth-order valence-electron chi connectivity index (χ4n) is 3.90. The second-order valence-corrected chi connectivity index (χ2v) is 10.6. The molecule has 2 aromatic rings. The first-order valence-electron chi connectivity index (χ1n) is 9.98. The predicted molar refractivity (Wildman–Crippen MR) is 126 cm³/mol. The Morgan fingerprint density at radius 1 is 1.16 bits per heavy atom. The van der Waals surface area contributed by atoms with Crippen molar-refractivity contribution in [2.24, 2.45) is 26.2 Å². The van der Waals surface area contributed by atoms with Gasteiger partial charge in [-0.25, -0.2) is 19.3 Å². The summed E-state index contributed by atoms with van der Waals surface area (Å²) in [5.41, 5.74) is 9.98. The van der Waals surface area contributed by atoms with Gasteiger partial charge in [-0.2, -0.15) is 16.9 Å². The van der Waals surface area contributed by atoms with Crippen LogP contribution in [0.5, 0.6) is 0 Å². The van der Waals surface area contributed by atoms with Gasteiger partial charge >= 0.3 is 0 Å². The van der Waals surface area contributed by atoms with Gasteiger partial charge in [0.1, 0.15) is 11.4 Å². The van der Waals surface area contributed by atoms with E-state index < -0.39 is 21.3 Å². The van der Waals surface area contributed by atoms with Crippen LogP contribution >= 0.6 is 11.8 Å². The van der Waals surface area contributed by atoms with Crippen LogP contribution in [0.3, 0.4) is 0 Å². The van der Waals surface area contributed by atoms with E-state index in [0.29, 0.717) is 11.4 Å². The number of hydrazine groups is 1. The van der Waals surface area contributed by atoms with Gasteiger partial charge in [-0.05, 0) is 53.6 Å². The Kier molecular flexibility index (Phi) is 6.47. The van der Waals surface area contributed by atoms with Crippen LogP contribution in [0.2, 0.25) is 0 Å². The summed E-state index contributed by atoms with van der Waals surface area (Å²) in [6.45, 7) is 0.0434. The minimum Gasteiger partial charge on any atom is -0.295 e. The van der Waals surface area contributed by atoms with Crippen molar-refractivity contribution in [1.29, 1.82) is 0 Å². The normalized spacial score (nSPS) is 17.7. The molecule has 0 radical (unpaired) electrons. The Morgan fingerprint density at radius 3 is 2.66 bits per heavy atom. The van der Waals surface area contributed by atoms with E-state index in [0.717, 1.165) is 35.7 Å². The number of azide groups is 1. The van der Waals surface area contributed by atoms with Crippen LogP contribution in [0, 0.1) is 0 Å². The fraction of sp³-hybridized carbons (Fsp3) is 0.350. The number of azo groups is 1. The minimum atomic E-state index is -3.77. The molecule has 0 aliphatic carbocycles. The first kappa shape index (κ1) is 22.3. The molecule has 0 atom stereocenters. The molecule has 0 amide bonds. The number of nitrogens with two attached hydrogens (primary N) is 1. The van der Waals surface area contributed by atoms with E-state index in [1.54, 1.807) is 23.2 Å². The zero-order chi connectivity index (χ0) is 22.6. The van der Waals surface area contributed by atoms with Crippen molar-refractivity contribution in [2.45, 2.75) is 29.8 Å². The summed E-state index contributed by atoms with van der Waals surface area (Å²) in [4.78, 5) is 7.39. The molecule has 2 aromatic carbocycles. The van der Waals surface area contributed by atoms with Gasteiger partial charge in [0.05, 0.1) is 22.8 Å². The molecule has 0 unspecified atom stereocenters. The predicted octanol–water partition coefficient (Wildman–Crippen LogP) is 4.37. The number of hydrogen-bond donors (Lipinski definition) is 1. The van der Waals surface area contributed by atoms with Gasteiger partial charge in [-0.3, -0.25) is 5.01 Å². The maximum absolute atomic E-state index is 12.5. The molecule has 0 bridgehead atoms. The Hall–Kier alpha value is -2.92. The largest absolute Gasteiger partial charge is 0.295 e. The highest BCUT2D eigenvalue weighted by Gasteiger charge is 2.45. The lowest BCUT2D eigenvalue weighted by Crippen LogP contribution is -2.61. The number of aliphatic imine (C=N–C) groups is 1. The molecule has 10 nitrogen and oxygen atoms in total. The first-order chi connectivity index (χ1) is 15.5. The number of hydrogen-bond acceptors (Lipinski definition) is 9. The van der Waals surface area contributed by atoms with E-state index >= 15 is 0 Å².